The lowest BCUT2D eigenvalue weighted by atomic mass is 10.1. The second kappa shape index (κ2) is 8.02. The third-order valence-corrected chi connectivity index (χ3v) is 6.20. The van der Waals surface area contributed by atoms with E-state index in [4.69, 9.17) is 0 Å². The van der Waals surface area contributed by atoms with Crippen molar-refractivity contribution in [3.8, 4) is 0 Å². The van der Waals surface area contributed by atoms with Crippen LogP contribution in [0.25, 0.3) is 10.9 Å². The molecular formula is C22H27N7O. The third-order valence-electron chi connectivity index (χ3n) is 6.20. The summed E-state index contributed by atoms with van der Waals surface area (Å²) in [5, 5.41) is 1.14. The predicted octanol–water partition coefficient (Wildman–Crippen LogP) is 1.65. The van der Waals surface area contributed by atoms with E-state index in [-0.39, 0.29) is 5.56 Å². The number of nitrogens with zero attached hydrogens (tertiary/aromatic N) is 7. The largest absolute Gasteiger partial charge is 0.369 e. The average molecular weight is 406 g/mol. The quantitative estimate of drug-likeness (QED) is 0.654. The van der Waals surface area contributed by atoms with Gasteiger partial charge in [0, 0.05) is 76.3 Å². The van der Waals surface area contributed by atoms with Crippen molar-refractivity contribution in [2.24, 2.45) is 7.05 Å². The van der Waals surface area contributed by atoms with Gasteiger partial charge in [0.1, 0.15) is 17.8 Å². The zero-order valence-electron chi connectivity index (χ0n) is 17.4. The van der Waals surface area contributed by atoms with Crippen molar-refractivity contribution in [2.75, 3.05) is 49.1 Å². The smallest absolute Gasteiger partial charge is 0.273 e. The van der Waals surface area contributed by atoms with Crippen molar-refractivity contribution in [1.82, 2.24) is 24.4 Å². The fraction of sp³-hybridized carbons (Fsp3) is 0.455. The number of hydrogen-bond acceptors (Lipinski definition) is 7. The highest BCUT2D eigenvalue weighted by atomic mass is 16.1. The maximum Gasteiger partial charge on any atom is 0.273 e. The van der Waals surface area contributed by atoms with Crippen molar-refractivity contribution < 1.29 is 0 Å². The molecule has 1 aromatic carbocycles. The van der Waals surface area contributed by atoms with E-state index >= 15 is 0 Å². The average Bonchev–Trinajstić information content (AvgIpc) is 3.31. The molecule has 0 saturated carbocycles. The molecule has 0 radical (unpaired) electrons. The van der Waals surface area contributed by atoms with Crippen LogP contribution in [0, 0.1) is 0 Å². The van der Waals surface area contributed by atoms with Crippen LogP contribution >= 0.6 is 0 Å². The second-order valence-electron chi connectivity index (χ2n) is 8.15. The summed E-state index contributed by atoms with van der Waals surface area (Å²) in [4.78, 5) is 32.7. The Kier molecular flexibility index (Phi) is 5.08. The number of rotatable bonds is 4. The van der Waals surface area contributed by atoms with Crippen LogP contribution in [0.5, 0.6) is 0 Å². The first-order valence-corrected chi connectivity index (χ1v) is 10.7. The van der Waals surface area contributed by atoms with Crippen LogP contribution < -0.4 is 15.4 Å². The van der Waals surface area contributed by atoms with E-state index in [0.29, 0.717) is 12.2 Å². The summed E-state index contributed by atoms with van der Waals surface area (Å²) in [6.45, 7) is 6.40. The third kappa shape index (κ3) is 3.63. The van der Waals surface area contributed by atoms with E-state index in [2.05, 4.69) is 47.9 Å². The van der Waals surface area contributed by atoms with Gasteiger partial charge in [0.15, 0.2) is 0 Å². The fourth-order valence-corrected chi connectivity index (χ4v) is 4.44. The van der Waals surface area contributed by atoms with Gasteiger partial charge in [-0.25, -0.2) is 9.97 Å². The number of fused-ring (bicyclic) bond motifs is 1. The molecule has 156 valence electrons. The minimum atomic E-state index is -0.0103. The molecule has 0 amide bonds. The molecule has 2 aliphatic rings. The zero-order chi connectivity index (χ0) is 20.5. The summed E-state index contributed by atoms with van der Waals surface area (Å²) >= 11 is 0. The Balaban J connectivity index is 1.31. The number of benzene rings is 1. The highest BCUT2D eigenvalue weighted by Gasteiger charge is 2.21. The fourth-order valence-electron chi connectivity index (χ4n) is 4.44. The highest BCUT2D eigenvalue weighted by Crippen LogP contribution is 2.30. The Morgan fingerprint density at radius 3 is 2.53 bits per heavy atom. The molecule has 2 fully saturated rings. The van der Waals surface area contributed by atoms with Crippen molar-refractivity contribution >= 4 is 22.4 Å². The highest BCUT2D eigenvalue weighted by molar-refractivity contribution is 5.92. The Morgan fingerprint density at radius 1 is 0.933 bits per heavy atom. The Labute approximate surface area is 175 Å². The van der Waals surface area contributed by atoms with Crippen LogP contribution in [-0.4, -0.2) is 63.7 Å². The van der Waals surface area contributed by atoms with Gasteiger partial charge in [0.25, 0.3) is 5.56 Å². The summed E-state index contributed by atoms with van der Waals surface area (Å²) in [5.74, 6) is 1.06. The lowest BCUT2D eigenvalue weighted by Crippen LogP contribution is -2.46. The molecule has 0 bridgehead atoms. The standard InChI is InChI=1S/C22H27N7O/c1-26-9-6-23-20(22(26)30)15-27-10-12-28(13-11-27)17-4-5-19-18(14-17)21(25-16-24-19)29-7-2-3-8-29/h4-6,9,14,16H,2-3,7-8,10-13,15H2,1H3. The summed E-state index contributed by atoms with van der Waals surface area (Å²) < 4.78 is 1.59. The molecule has 0 spiro atoms. The maximum absolute atomic E-state index is 12.2. The molecule has 5 rings (SSSR count). The summed E-state index contributed by atoms with van der Waals surface area (Å²) in [7, 11) is 1.77. The van der Waals surface area contributed by atoms with Gasteiger partial charge in [0.05, 0.1) is 5.52 Å². The van der Waals surface area contributed by atoms with Crippen LogP contribution in [0.15, 0.2) is 41.7 Å². The number of hydrogen-bond donors (Lipinski definition) is 0. The van der Waals surface area contributed by atoms with Crippen LogP contribution in [0.1, 0.15) is 18.5 Å². The Morgan fingerprint density at radius 2 is 1.73 bits per heavy atom. The minimum Gasteiger partial charge on any atom is -0.369 e. The number of anilines is 2. The summed E-state index contributed by atoms with van der Waals surface area (Å²) in [6.07, 6.45) is 7.53. The van der Waals surface area contributed by atoms with E-state index < -0.39 is 0 Å². The van der Waals surface area contributed by atoms with E-state index in [1.807, 2.05) is 0 Å². The van der Waals surface area contributed by atoms with Gasteiger partial charge in [-0.3, -0.25) is 14.7 Å². The summed E-state index contributed by atoms with van der Waals surface area (Å²) in [5.41, 5.74) is 2.82. The number of aromatic nitrogens is 4. The molecule has 3 aromatic rings. The van der Waals surface area contributed by atoms with E-state index in [9.17, 15) is 4.79 Å². The van der Waals surface area contributed by atoms with E-state index in [0.717, 1.165) is 56.0 Å². The molecule has 30 heavy (non-hydrogen) atoms. The van der Waals surface area contributed by atoms with Crippen molar-refractivity contribution in [3.63, 3.8) is 0 Å². The van der Waals surface area contributed by atoms with Gasteiger partial charge in [-0.1, -0.05) is 0 Å². The molecule has 4 heterocycles. The maximum atomic E-state index is 12.2. The molecule has 2 saturated heterocycles. The molecule has 2 aromatic heterocycles. The van der Waals surface area contributed by atoms with Crippen LogP contribution in [-0.2, 0) is 13.6 Å². The van der Waals surface area contributed by atoms with Crippen molar-refractivity contribution in [3.05, 3.63) is 53.0 Å². The van der Waals surface area contributed by atoms with Gasteiger partial charge in [-0.05, 0) is 31.0 Å². The topological polar surface area (TPSA) is 70.4 Å². The number of piperazine rings is 1. The minimum absolute atomic E-state index is 0.0103. The van der Waals surface area contributed by atoms with Gasteiger partial charge in [-0.15, -0.1) is 0 Å². The van der Waals surface area contributed by atoms with Gasteiger partial charge in [-0.2, -0.15) is 0 Å². The molecule has 0 aliphatic carbocycles. The predicted molar refractivity (Wildman–Crippen MR) is 118 cm³/mol. The molecule has 8 heteroatoms. The molecule has 0 unspecified atom stereocenters. The first-order valence-electron chi connectivity index (χ1n) is 10.7. The molecule has 0 atom stereocenters. The van der Waals surface area contributed by atoms with Gasteiger partial charge in [0.2, 0.25) is 0 Å². The molecule has 8 nitrogen and oxygen atoms in total. The summed E-state index contributed by atoms with van der Waals surface area (Å²) in [6, 6.07) is 6.51. The molecule has 2 aliphatic heterocycles. The zero-order valence-corrected chi connectivity index (χ0v) is 17.4. The van der Waals surface area contributed by atoms with Crippen LogP contribution in [0.2, 0.25) is 0 Å². The normalized spacial score (nSPS) is 17.8. The van der Waals surface area contributed by atoms with Crippen molar-refractivity contribution in [2.45, 2.75) is 19.4 Å². The Hall–Kier alpha value is -3.00. The van der Waals surface area contributed by atoms with E-state index in [1.54, 1.807) is 30.3 Å². The Bertz CT molecular complexity index is 1100. The monoisotopic (exact) mass is 405 g/mol. The first-order chi connectivity index (χ1) is 14.7. The van der Waals surface area contributed by atoms with Crippen LogP contribution in [0.4, 0.5) is 11.5 Å². The first kappa shape index (κ1) is 19.0. The lowest BCUT2D eigenvalue weighted by molar-refractivity contribution is 0.245. The van der Waals surface area contributed by atoms with Gasteiger partial charge >= 0.3 is 0 Å². The second-order valence-corrected chi connectivity index (χ2v) is 8.15. The van der Waals surface area contributed by atoms with Crippen LogP contribution in [0.3, 0.4) is 0 Å². The molecule has 0 N–H and O–H groups in total. The molecular weight excluding hydrogens is 378 g/mol. The lowest BCUT2D eigenvalue weighted by Gasteiger charge is -2.36. The van der Waals surface area contributed by atoms with E-state index in [1.165, 1.54) is 18.5 Å². The van der Waals surface area contributed by atoms with Crippen molar-refractivity contribution in [1.29, 1.82) is 0 Å². The number of aryl methyl sites for hydroxylation is 1. The SMILES string of the molecule is Cn1ccnc(CN2CCN(c3ccc4ncnc(N5CCCC5)c4c3)CC2)c1=O. The van der Waals surface area contributed by atoms with Gasteiger partial charge < -0.3 is 14.4 Å².